The summed E-state index contributed by atoms with van der Waals surface area (Å²) in [4.78, 5) is 2.36. The molecule has 1 aromatic heterocycles. The van der Waals surface area contributed by atoms with Crippen molar-refractivity contribution in [1.82, 2.24) is 14.7 Å². The van der Waals surface area contributed by atoms with Crippen LogP contribution in [0.1, 0.15) is 11.1 Å². The Labute approximate surface area is 140 Å². The highest BCUT2D eigenvalue weighted by Crippen LogP contribution is 2.29. The molecule has 2 aromatic carbocycles. The molecule has 24 heavy (non-hydrogen) atoms. The van der Waals surface area contributed by atoms with Gasteiger partial charge >= 0.3 is 0 Å². The molecule has 0 spiro atoms. The van der Waals surface area contributed by atoms with Crippen molar-refractivity contribution in [1.29, 1.82) is 5.26 Å². The summed E-state index contributed by atoms with van der Waals surface area (Å²) < 4.78 is 7.87. The Kier molecular flexibility index (Phi) is 3.68. The monoisotopic (exact) mass is 318 g/mol. The van der Waals surface area contributed by atoms with Gasteiger partial charge in [0.2, 0.25) is 0 Å². The van der Waals surface area contributed by atoms with E-state index in [4.69, 9.17) is 4.74 Å². The lowest BCUT2D eigenvalue weighted by Crippen LogP contribution is -2.11. The van der Waals surface area contributed by atoms with Crippen molar-refractivity contribution < 1.29 is 4.74 Å². The molecule has 0 bridgehead atoms. The average molecular weight is 318 g/mol. The Morgan fingerprint density at radius 2 is 2.08 bits per heavy atom. The van der Waals surface area contributed by atoms with Gasteiger partial charge in [-0.15, -0.1) is 0 Å². The maximum atomic E-state index is 9.23. The molecular weight excluding hydrogens is 300 g/mol. The van der Waals surface area contributed by atoms with Crippen LogP contribution in [-0.4, -0.2) is 33.9 Å². The second-order valence-electron chi connectivity index (χ2n) is 6.19. The molecule has 0 N–H and O–H groups in total. The SMILES string of the molecule is Cn1cc(CN2CC2COc2ccc(C#N)c3ccccc23)cn1. The van der Waals surface area contributed by atoms with Gasteiger partial charge in [-0.05, 0) is 12.1 Å². The first kappa shape index (κ1) is 14.7. The van der Waals surface area contributed by atoms with E-state index in [1.54, 1.807) is 0 Å². The molecule has 2 heterocycles. The smallest absolute Gasteiger partial charge is 0.127 e. The molecule has 4 rings (SSSR count). The summed E-state index contributed by atoms with van der Waals surface area (Å²) in [7, 11) is 1.93. The first-order valence-electron chi connectivity index (χ1n) is 8.01. The van der Waals surface area contributed by atoms with E-state index < -0.39 is 0 Å². The highest BCUT2D eigenvalue weighted by atomic mass is 16.5. The summed E-state index contributed by atoms with van der Waals surface area (Å²) >= 11 is 0. The van der Waals surface area contributed by atoms with E-state index in [-0.39, 0.29) is 0 Å². The van der Waals surface area contributed by atoms with Crippen LogP contribution >= 0.6 is 0 Å². The third-order valence-corrected chi connectivity index (χ3v) is 4.41. The standard InChI is InChI=1S/C19H18N4O/c1-22-10-14(9-21-22)11-23-12-16(23)13-24-19-7-6-15(8-20)17-4-2-3-5-18(17)19/h2-7,9-10,16H,11-13H2,1H3. The molecular formula is C19H18N4O. The van der Waals surface area contributed by atoms with Crippen molar-refractivity contribution in [2.45, 2.75) is 12.6 Å². The van der Waals surface area contributed by atoms with Crippen molar-refractivity contribution in [3.05, 3.63) is 59.9 Å². The molecule has 0 saturated carbocycles. The molecule has 1 aliphatic rings. The van der Waals surface area contributed by atoms with Crippen LogP contribution in [0.25, 0.3) is 10.8 Å². The maximum absolute atomic E-state index is 9.23. The van der Waals surface area contributed by atoms with Crippen molar-refractivity contribution in [3.63, 3.8) is 0 Å². The Morgan fingerprint density at radius 1 is 1.25 bits per heavy atom. The highest BCUT2D eigenvalue weighted by molar-refractivity contribution is 5.92. The first-order valence-corrected chi connectivity index (χ1v) is 8.01. The van der Waals surface area contributed by atoms with Crippen LogP contribution in [0.15, 0.2) is 48.8 Å². The van der Waals surface area contributed by atoms with E-state index in [1.807, 2.05) is 60.5 Å². The number of nitriles is 1. The fourth-order valence-corrected chi connectivity index (χ4v) is 3.04. The summed E-state index contributed by atoms with van der Waals surface area (Å²) in [5.74, 6) is 0.845. The fraction of sp³-hybridized carbons (Fsp3) is 0.263. The Bertz CT molecular complexity index is 925. The van der Waals surface area contributed by atoms with Crippen LogP contribution in [0.4, 0.5) is 0 Å². The average Bonchev–Trinajstić information content (AvgIpc) is 3.22. The number of nitrogens with zero attached hydrogens (tertiary/aromatic N) is 4. The van der Waals surface area contributed by atoms with Gasteiger partial charge in [0.25, 0.3) is 0 Å². The van der Waals surface area contributed by atoms with Crippen LogP contribution < -0.4 is 4.74 Å². The molecule has 0 amide bonds. The van der Waals surface area contributed by atoms with Crippen molar-refractivity contribution in [3.8, 4) is 11.8 Å². The first-order chi connectivity index (χ1) is 11.7. The van der Waals surface area contributed by atoms with Crippen molar-refractivity contribution in [2.75, 3.05) is 13.2 Å². The predicted molar refractivity (Wildman–Crippen MR) is 91.6 cm³/mol. The highest BCUT2D eigenvalue weighted by Gasteiger charge is 2.34. The molecule has 1 aliphatic heterocycles. The van der Waals surface area contributed by atoms with Gasteiger partial charge in [0.15, 0.2) is 0 Å². The quantitative estimate of drug-likeness (QED) is 0.679. The van der Waals surface area contributed by atoms with Gasteiger partial charge in [0.1, 0.15) is 12.4 Å². The van der Waals surface area contributed by atoms with Crippen LogP contribution in [0.5, 0.6) is 5.75 Å². The van der Waals surface area contributed by atoms with E-state index in [0.717, 1.165) is 29.6 Å². The third-order valence-electron chi connectivity index (χ3n) is 4.41. The zero-order valence-electron chi connectivity index (χ0n) is 13.5. The van der Waals surface area contributed by atoms with Crippen molar-refractivity contribution >= 4 is 10.8 Å². The van der Waals surface area contributed by atoms with Gasteiger partial charge in [-0.2, -0.15) is 10.4 Å². The van der Waals surface area contributed by atoms with Gasteiger partial charge in [-0.3, -0.25) is 9.58 Å². The van der Waals surface area contributed by atoms with Crippen LogP contribution in [-0.2, 0) is 13.6 Å². The molecule has 2 unspecified atom stereocenters. The van der Waals surface area contributed by atoms with Gasteiger partial charge in [0.05, 0.1) is 23.9 Å². The van der Waals surface area contributed by atoms with Crippen LogP contribution in [0.2, 0.25) is 0 Å². The summed E-state index contributed by atoms with van der Waals surface area (Å²) in [5, 5.41) is 15.4. The lowest BCUT2D eigenvalue weighted by Gasteiger charge is -2.10. The molecule has 3 aromatic rings. The van der Waals surface area contributed by atoms with Gasteiger partial charge in [-0.1, -0.05) is 24.3 Å². The third kappa shape index (κ3) is 2.84. The number of hydrogen-bond acceptors (Lipinski definition) is 4. The number of aromatic nitrogens is 2. The van der Waals surface area contributed by atoms with E-state index in [1.165, 1.54) is 5.56 Å². The minimum Gasteiger partial charge on any atom is -0.491 e. The topological polar surface area (TPSA) is 53.9 Å². The molecule has 1 saturated heterocycles. The van der Waals surface area contributed by atoms with Gasteiger partial charge in [0, 0.05) is 42.7 Å². The van der Waals surface area contributed by atoms with E-state index in [0.29, 0.717) is 18.2 Å². The minimum absolute atomic E-state index is 0.444. The van der Waals surface area contributed by atoms with Gasteiger partial charge < -0.3 is 4.74 Å². The maximum Gasteiger partial charge on any atom is 0.127 e. The van der Waals surface area contributed by atoms with E-state index >= 15 is 0 Å². The second-order valence-corrected chi connectivity index (χ2v) is 6.19. The zero-order chi connectivity index (χ0) is 16.5. The Morgan fingerprint density at radius 3 is 2.83 bits per heavy atom. The predicted octanol–water partition coefficient (Wildman–Crippen LogP) is 2.71. The molecule has 2 atom stereocenters. The largest absolute Gasteiger partial charge is 0.491 e. The molecule has 0 aliphatic carbocycles. The fourth-order valence-electron chi connectivity index (χ4n) is 3.04. The van der Waals surface area contributed by atoms with Crippen molar-refractivity contribution in [2.24, 2.45) is 7.05 Å². The molecule has 1 fully saturated rings. The molecule has 0 radical (unpaired) electrons. The molecule has 5 nitrogen and oxygen atoms in total. The normalized spacial score (nSPS) is 19.2. The Hall–Kier alpha value is -2.84. The Balaban J connectivity index is 1.42. The lowest BCUT2D eigenvalue weighted by atomic mass is 10.0. The number of rotatable bonds is 5. The number of ether oxygens (including phenoxy) is 1. The number of fused-ring (bicyclic) bond motifs is 1. The number of benzene rings is 2. The van der Waals surface area contributed by atoms with E-state index in [9.17, 15) is 5.26 Å². The summed E-state index contributed by atoms with van der Waals surface area (Å²) in [5.41, 5.74) is 1.91. The number of hydrogen-bond donors (Lipinski definition) is 0. The van der Waals surface area contributed by atoms with E-state index in [2.05, 4.69) is 16.1 Å². The van der Waals surface area contributed by atoms with Gasteiger partial charge in [-0.25, -0.2) is 0 Å². The lowest BCUT2D eigenvalue weighted by molar-refractivity contribution is 0.296. The molecule has 5 heteroatoms. The van der Waals surface area contributed by atoms with Crippen LogP contribution in [0.3, 0.4) is 0 Å². The summed E-state index contributed by atoms with van der Waals surface area (Å²) in [6.45, 7) is 2.62. The second kappa shape index (κ2) is 5.99. The summed E-state index contributed by atoms with van der Waals surface area (Å²) in [6, 6.07) is 14.3. The molecule has 120 valence electrons. The van der Waals surface area contributed by atoms with Crippen LogP contribution in [0, 0.1) is 11.3 Å². The minimum atomic E-state index is 0.444. The summed E-state index contributed by atoms with van der Waals surface area (Å²) in [6.07, 6.45) is 3.95. The zero-order valence-corrected chi connectivity index (χ0v) is 13.5. The number of aryl methyl sites for hydroxylation is 1.